The van der Waals surface area contributed by atoms with Crippen molar-refractivity contribution in [3.05, 3.63) is 63.4 Å². The van der Waals surface area contributed by atoms with E-state index in [9.17, 15) is 29.4 Å². The molecule has 0 radical (unpaired) electrons. The van der Waals surface area contributed by atoms with Crippen molar-refractivity contribution in [1.29, 1.82) is 0 Å². The largest absolute Gasteiger partial charge is 0.507 e. The van der Waals surface area contributed by atoms with Crippen LogP contribution in [0.15, 0.2) is 39.7 Å². The van der Waals surface area contributed by atoms with Gasteiger partial charge in [0.1, 0.15) is 39.7 Å². The molecule has 1 aliphatic carbocycles. The highest BCUT2D eigenvalue weighted by atomic mass is 16.5. The van der Waals surface area contributed by atoms with Gasteiger partial charge in [-0.15, -0.1) is 0 Å². The molecule has 0 saturated carbocycles. The third-order valence-corrected chi connectivity index (χ3v) is 6.34. The van der Waals surface area contributed by atoms with Gasteiger partial charge in [0.05, 0.1) is 24.8 Å². The van der Waals surface area contributed by atoms with Crippen LogP contribution in [0.4, 0.5) is 0 Å². The number of methoxy groups -OCH3 is 1. The van der Waals surface area contributed by atoms with Crippen molar-refractivity contribution in [2.24, 2.45) is 0 Å². The fraction of sp³-hybridized carbons (Fsp3) is 0.280. The monoisotopic (exact) mass is 481 g/mol. The molecule has 0 saturated heterocycles. The molecule has 0 bridgehead atoms. The normalized spacial score (nSPS) is 20.0. The predicted molar refractivity (Wildman–Crippen MR) is 120 cm³/mol. The number of phenolic OH excluding ortho intramolecular Hbond substituents is 2. The van der Waals surface area contributed by atoms with Crippen LogP contribution < -0.4 is 10.1 Å². The Bertz CT molecular complexity index is 1390. The van der Waals surface area contributed by atoms with Gasteiger partial charge in [0.15, 0.2) is 17.3 Å². The van der Waals surface area contributed by atoms with Crippen molar-refractivity contribution in [1.82, 2.24) is 5.32 Å². The molecule has 0 spiro atoms. The van der Waals surface area contributed by atoms with Crippen LogP contribution in [-0.2, 0) is 26.3 Å². The van der Waals surface area contributed by atoms with Gasteiger partial charge in [0, 0.05) is 17.3 Å². The van der Waals surface area contributed by atoms with Crippen LogP contribution in [0.3, 0.4) is 0 Å². The number of ether oxygens (including phenoxy) is 2. The quantitative estimate of drug-likeness (QED) is 0.251. The first kappa shape index (κ1) is 23.8. The molecular formula is C25H23NO9. The molecule has 0 amide bonds. The van der Waals surface area contributed by atoms with Gasteiger partial charge in [-0.2, -0.15) is 0 Å². The summed E-state index contributed by atoms with van der Waals surface area (Å²) < 4.78 is 15.7. The summed E-state index contributed by atoms with van der Waals surface area (Å²) in [6.07, 6.45) is 1.14. The summed E-state index contributed by atoms with van der Waals surface area (Å²) in [5.74, 6) is -3.10. The number of furan rings is 1. The van der Waals surface area contributed by atoms with E-state index in [1.54, 1.807) is 6.07 Å². The number of carbonyl (C=O) groups excluding carboxylic acids is 4. The van der Waals surface area contributed by atoms with Gasteiger partial charge < -0.3 is 29.4 Å². The molecule has 182 valence electrons. The molecule has 1 atom stereocenters. The van der Waals surface area contributed by atoms with E-state index in [-0.39, 0.29) is 51.8 Å². The SMILES string of the molecule is COC(=O)c1ccc(CN/C(C)=C2\C(=O)C=C3Oc4c(C(C)=O)c(O)c(C)c(O)c4[C@@]3(C)C2=O)o1. The molecule has 0 fully saturated rings. The molecule has 10 nitrogen and oxygen atoms in total. The van der Waals surface area contributed by atoms with Gasteiger partial charge in [-0.3, -0.25) is 14.4 Å². The molecule has 0 unspecified atom stereocenters. The number of carbonyl (C=O) groups is 4. The van der Waals surface area contributed by atoms with E-state index in [4.69, 9.17) is 9.15 Å². The number of ketones is 3. The van der Waals surface area contributed by atoms with E-state index in [1.165, 1.54) is 40.9 Å². The molecule has 1 aliphatic heterocycles. The summed E-state index contributed by atoms with van der Waals surface area (Å²) in [5.41, 5.74) is -1.67. The lowest BCUT2D eigenvalue weighted by molar-refractivity contribution is -0.123. The summed E-state index contributed by atoms with van der Waals surface area (Å²) in [5, 5.41) is 24.2. The molecule has 2 heterocycles. The van der Waals surface area contributed by atoms with Gasteiger partial charge in [-0.1, -0.05) is 0 Å². The molecule has 1 aromatic heterocycles. The number of nitrogens with one attached hydrogen (secondary N) is 1. The molecule has 4 rings (SSSR count). The van der Waals surface area contributed by atoms with Crippen LogP contribution in [0.2, 0.25) is 0 Å². The van der Waals surface area contributed by atoms with Crippen molar-refractivity contribution in [3.63, 3.8) is 0 Å². The second kappa shape index (κ2) is 8.15. The van der Waals surface area contributed by atoms with Crippen molar-refractivity contribution >= 4 is 23.3 Å². The van der Waals surface area contributed by atoms with Gasteiger partial charge in [0.25, 0.3) is 0 Å². The number of esters is 1. The average Bonchev–Trinajstić information content (AvgIpc) is 3.39. The standard InChI is InChI=1S/C25H23NO9/c1-10-20(29)18(12(3)27)22-19(21(10)30)25(4)16(35-22)8-14(28)17(23(25)31)11(2)26-9-13-6-7-15(34-13)24(32)33-5/h6-8,26,29-30H,9H2,1-5H3/b17-11+/t25-/m0/s1. The lowest BCUT2D eigenvalue weighted by Gasteiger charge is -2.29. The maximum atomic E-state index is 13.7. The topological polar surface area (TPSA) is 152 Å². The summed E-state index contributed by atoms with van der Waals surface area (Å²) in [6, 6.07) is 3.00. The summed E-state index contributed by atoms with van der Waals surface area (Å²) >= 11 is 0. The Hall–Kier alpha value is -4.34. The Labute approximate surface area is 199 Å². The second-order valence-corrected chi connectivity index (χ2v) is 8.50. The van der Waals surface area contributed by atoms with E-state index < -0.39 is 40.2 Å². The van der Waals surface area contributed by atoms with Crippen molar-refractivity contribution in [2.75, 3.05) is 7.11 Å². The third kappa shape index (κ3) is 3.40. The van der Waals surface area contributed by atoms with E-state index >= 15 is 0 Å². The Morgan fingerprint density at radius 1 is 1.14 bits per heavy atom. The Kier molecular flexibility index (Phi) is 5.55. The lowest BCUT2D eigenvalue weighted by atomic mass is 9.70. The second-order valence-electron chi connectivity index (χ2n) is 8.50. The number of hydrogen-bond acceptors (Lipinski definition) is 10. The van der Waals surface area contributed by atoms with Crippen molar-refractivity contribution in [2.45, 2.75) is 39.7 Å². The zero-order chi connectivity index (χ0) is 25.8. The fourth-order valence-electron chi connectivity index (χ4n) is 4.35. The lowest BCUT2D eigenvalue weighted by Crippen LogP contribution is -2.41. The van der Waals surface area contributed by atoms with E-state index in [0.717, 1.165) is 6.08 Å². The first-order chi connectivity index (χ1) is 16.4. The number of benzene rings is 1. The van der Waals surface area contributed by atoms with Crippen LogP contribution in [0.1, 0.15) is 58.6 Å². The van der Waals surface area contributed by atoms with E-state index in [0.29, 0.717) is 5.76 Å². The highest BCUT2D eigenvalue weighted by Crippen LogP contribution is 2.57. The number of allylic oxidation sites excluding steroid dienone is 4. The first-order valence-electron chi connectivity index (χ1n) is 10.6. The minimum absolute atomic E-state index is 0.00889. The predicted octanol–water partition coefficient (Wildman–Crippen LogP) is 2.74. The van der Waals surface area contributed by atoms with Crippen LogP contribution in [0.25, 0.3) is 0 Å². The van der Waals surface area contributed by atoms with Gasteiger partial charge in [-0.25, -0.2) is 4.79 Å². The van der Waals surface area contributed by atoms with Gasteiger partial charge in [-0.05, 0) is 39.8 Å². The summed E-state index contributed by atoms with van der Waals surface area (Å²) in [6.45, 7) is 5.73. The van der Waals surface area contributed by atoms with E-state index in [2.05, 4.69) is 10.1 Å². The number of Topliss-reactive ketones (excluding diaryl/α,β-unsaturated/α-hetero) is 2. The third-order valence-electron chi connectivity index (χ3n) is 6.34. The number of fused-ring (bicyclic) bond motifs is 3. The minimum Gasteiger partial charge on any atom is -0.507 e. The molecule has 2 aromatic rings. The zero-order valence-electron chi connectivity index (χ0n) is 19.7. The first-order valence-corrected chi connectivity index (χ1v) is 10.6. The van der Waals surface area contributed by atoms with Gasteiger partial charge >= 0.3 is 5.97 Å². The Balaban J connectivity index is 1.76. The fourth-order valence-corrected chi connectivity index (χ4v) is 4.35. The molecular weight excluding hydrogens is 458 g/mol. The smallest absolute Gasteiger partial charge is 0.373 e. The van der Waals surface area contributed by atoms with Gasteiger partial charge in [0.2, 0.25) is 5.76 Å². The highest BCUT2D eigenvalue weighted by Gasteiger charge is 2.56. The van der Waals surface area contributed by atoms with Crippen LogP contribution in [0, 0.1) is 6.92 Å². The summed E-state index contributed by atoms with van der Waals surface area (Å²) in [4.78, 5) is 50.5. The molecule has 3 N–H and O–H groups in total. The maximum Gasteiger partial charge on any atom is 0.373 e. The number of hydrogen-bond donors (Lipinski definition) is 3. The zero-order valence-corrected chi connectivity index (χ0v) is 19.7. The van der Waals surface area contributed by atoms with Crippen LogP contribution in [-0.4, -0.2) is 40.6 Å². The summed E-state index contributed by atoms with van der Waals surface area (Å²) in [7, 11) is 1.23. The molecule has 2 aliphatic rings. The van der Waals surface area contributed by atoms with E-state index in [1.807, 2.05) is 0 Å². The Morgan fingerprint density at radius 2 is 1.83 bits per heavy atom. The Morgan fingerprint density at radius 3 is 2.46 bits per heavy atom. The van der Waals surface area contributed by atoms with Crippen molar-refractivity contribution in [3.8, 4) is 17.2 Å². The highest BCUT2D eigenvalue weighted by molar-refractivity contribution is 6.31. The number of aromatic hydroxyl groups is 2. The van der Waals surface area contributed by atoms with Crippen LogP contribution >= 0.6 is 0 Å². The molecule has 35 heavy (non-hydrogen) atoms. The number of rotatable bonds is 5. The number of phenols is 2. The average molecular weight is 481 g/mol. The van der Waals surface area contributed by atoms with Crippen molar-refractivity contribution < 1.29 is 43.3 Å². The molecule has 1 aromatic carbocycles. The molecule has 10 heteroatoms. The minimum atomic E-state index is -1.60. The maximum absolute atomic E-state index is 13.7. The van der Waals surface area contributed by atoms with Crippen LogP contribution in [0.5, 0.6) is 17.2 Å².